The van der Waals surface area contributed by atoms with Crippen molar-refractivity contribution in [2.45, 2.75) is 6.54 Å². The van der Waals surface area contributed by atoms with Crippen LogP contribution in [0.5, 0.6) is 17.2 Å². The van der Waals surface area contributed by atoms with E-state index >= 15 is 0 Å². The lowest BCUT2D eigenvalue weighted by Crippen LogP contribution is -2.05. The van der Waals surface area contributed by atoms with E-state index in [4.69, 9.17) is 14.2 Å². The molecule has 1 N–H and O–H groups in total. The zero-order chi connectivity index (χ0) is 20.2. The molecule has 0 saturated heterocycles. The van der Waals surface area contributed by atoms with Crippen LogP contribution in [0.25, 0.3) is 16.7 Å². The minimum absolute atomic E-state index is 0.575. The van der Waals surface area contributed by atoms with Crippen molar-refractivity contribution in [3.8, 4) is 22.9 Å². The number of methoxy groups -OCH3 is 3. The van der Waals surface area contributed by atoms with Crippen LogP contribution < -0.4 is 19.5 Å². The van der Waals surface area contributed by atoms with Gasteiger partial charge in [0.2, 0.25) is 5.75 Å². The first-order chi connectivity index (χ1) is 14.2. The Kier molecular flexibility index (Phi) is 5.24. The van der Waals surface area contributed by atoms with Crippen molar-refractivity contribution < 1.29 is 14.2 Å². The highest BCUT2D eigenvalue weighted by Gasteiger charge is 2.14. The average Bonchev–Trinajstić information content (AvgIpc) is 3.21. The number of hydrogen-bond donors (Lipinski definition) is 1. The second-order valence-corrected chi connectivity index (χ2v) is 6.50. The third-order valence-electron chi connectivity index (χ3n) is 4.85. The summed E-state index contributed by atoms with van der Waals surface area (Å²) in [5, 5.41) is 3.46. The maximum atomic E-state index is 5.44. The number of imidazole rings is 1. The third-order valence-corrected chi connectivity index (χ3v) is 4.85. The fourth-order valence-electron chi connectivity index (χ4n) is 3.43. The van der Waals surface area contributed by atoms with Gasteiger partial charge >= 0.3 is 0 Å². The molecular weight excluding hydrogens is 366 g/mol. The molecule has 0 atom stereocenters. The second kappa shape index (κ2) is 8.14. The summed E-state index contributed by atoms with van der Waals surface area (Å²) < 4.78 is 18.4. The van der Waals surface area contributed by atoms with Gasteiger partial charge < -0.3 is 19.5 Å². The van der Waals surface area contributed by atoms with E-state index in [0.29, 0.717) is 23.8 Å². The van der Waals surface area contributed by atoms with Crippen molar-refractivity contribution in [1.82, 2.24) is 9.55 Å². The number of nitrogens with zero attached hydrogens (tertiary/aromatic N) is 2. The molecule has 6 heteroatoms. The highest BCUT2D eigenvalue weighted by molar-refractivity contribution is 5.77. The Hall–Kier alpha value is -3.67. The quantitative estimate of drug-likeness (QED) is 0.498. The number of para-hydroxylation sites is 3. The van der Waals surface area contributed by atoms with Gasteiger partial charge in [-0.05, 0) is 23.8 Å². The summed E-state index contributed by atoms with van der Waals surface area (Å²) in [6.07, 6.45) is 1.86. The van der Waals surface area contributed by atoms with Crippen molar-refractivity contribution in [1.29, 1.82) is 0 Å². The fourth-order valence-corrected chi connectivity index (χ4v) is 3.43. The summed E-state index contributed by atoms with van der Waals surface area (Å²) in [5.41, 5.74) is 5.16. The Balaban J connectivity index is 1.65. The van der Waals surface area contributed by atoms with Crippen LogP contribution in [-0.4, -0.2) is 30.9 Å². The van der Waals surface area contributed by atoms with E-state index in [2.05, 4.69) is 33.1 Å². The molecule has 6 nitrogen and oxygen atoms in total. The number of aromatic nitrogens is 2. The fraction of sp³-hybridized carbons (Fsp3) is 0.174. The number of benzene rings is 3. The summed E-state index contributed by atoms with van der Waals surface area (Å²) in [6.45, 7) is 0.626. The van der Waals surface area contributed by atoms with E-state index in [1.165, 1.54) is 0 Å². The zero-order valence-electron chi connectivity index (χ0n) is 16.7. The van der Waals surface area contributed by atoms with Gasteiger partial charge in [-0.1, -0.05) is 30.3 Å². The predicted octanol–water partition coefficient (Wildman–Crippen LogP) is 4.66. The van der Waals surface area contributed by atoms with Gasteiger partial charge in [0, 0.05) is 24.4 Å². The summed E-state index contributed by atoms with van der Waals surface area (Å²) in [5.74, 6) is 1.80. The molecule has 0 fully saturated rings. The molecule has 0 radical (unpaired) electrons. The number of rotatable bonds is 7. The average molecular weight is 389 g/mol. The van der Waals surface area contributed by atoms with Crippen LogP contribution in [0.4, 0.5) is 5.69 Å². The van der Waals surface area contributed by atoms with Gasteiger partial charge in [0.1, 0.15) is 6.33 Å². The molecule has 29 heavy (non-hydrogen) atoms. The van der Waals surface area contributed by atoms with E-state index < -0.39 is 0 Å². The minimum Gasteiger partial charge on any atom is -0.493 e. The first-order valence-corrected chi connectivity index (χ1v) is 9.29. The zero-order valence-corrected chi connectivity index (χ0v) is 16.7. The summed E-state index contributed by atoms with van der Waals surface area (Å²) in [4.78, 5) is 4.51. The lowest BCUT2D eigenvalue weighted by Gasteiger charge is -2.16. The first kappa shape index (κ1) is 18.7. The third kappa shape index (κ3) is 3.57. The van der Waals surface area contributed by atoms with Gasteiger partial charge in [-0.2, -0.15) is 0 Å². The molecule has 0 spiro atoms. The van der Waals surface area contributed by atoms with Gasteiger partial charge in [-0.3, -0.25) is 4.57 Å². The molecule has 4 rings (SSSR count). The molecule has 148 valence electrons. The summed E-state index contributed by atoms with van der Waals surface area (Å²) in [7, 11) is 4.82. The van der Waals surface area contributed by atoms with Gasteiger partial charge in [0.05, 0.1) is 38.1 Å². The highest BCUT2D eigenvalue weighted by atomic mass is 16.5. The van der Waals surface area contributed by atoms with Crippen LogP contribution in [-0.2, 0) is 6.54 Å². The van der Waals surface area contributed by atoms with Gasteiger partial charge in [0.15, 0.2) is 11.5 Å². The van der Waals surface area contributed by atoms with Gasteiger partial charge in [-0.25, -0.2) is 4.98 Å². The number of hydrogen-bond acceptors (Lipinski definition) is 5. The molecule has 0 aliphatic rings. The van der Waals surface area contributed by atoms with Crippen LogP contribution in [0.15, 0.2) is 67.0 Å². The second-order valence-electron chi connectivity index (χ2n) is 6.50. The molecule has 0 aliphatic heterocycles. The maximum absolute atomic E-state index is 5.44. The largest absolute Gasteiger partial charge is 0.493 e. The van der Waals surface area contributed by atoms with E-state index in [1.54, 1.807) is 21.3 Å². The van der Waals surface area contributed by atoms with Crippen LogP contribution in [0.2, 0.25) is 0 Å². The predicted molar refractivity (Wildman–Crippen MR) is 114 cm³/mol. The maximum Gasteiger partial charge on any atom is 0.203 e. The highest BCUT2D eigenvalue weighted by Crippen LogP contribution is 2.40. The lowest BCUT2D eigenvalue weighted by atomic mass is 10.1. The van der Waals surface area contributed by atoms with E-state index in [9.17, 15) is 0 Å². The van der Waals surface area contributed by atoms with Gasteiger partial charge in [0.25, 0.3) is 0 Å². The molecular formula is C23H23N3O3. The van der Waals surface area contributed by atoms with Crippen LogP contribution >= 0.6 is 0 Å². The molecule has 4 aromatic rings. The monoisotopic (exact) mass is 389 g/mol. The molecule has 1 aromatic heterocycles. The van der Waals surface area contributed by atoms with E-state index in [0.717, 1.165) is 28.0 Å². The van der Waals surface area contributed by atoms with Gasteiger partial charge in [-0.15, -0.1) is 0 Å². The van der Waals surface area contributed by atoms with Crippen LogP contribution in [0.1, 0.15) is 5.56 Å². The van der Waals surface area contributed by atoms with Crippen molar-refractivity contribution in [2.75, 3.05) is 26.6 Å². The topological polar surface area (TPSA) is 57.5 Å². The molecule has 0 amide bonds. The molecule has 0 aliphatic carbocycles. The Morgan fingerprint density at radius 3 is 2.28 bits per heavy atom. The SMILES string of the molecule is COc1cc(NCc2ccccc2-n2cnc3ccccc32)cc(OC)c1OC. The summed E-state index contributed by atoms with van der Waals surface area (Å²) >= 11 is 0. The van der Waals surface area contributed by atoms with Crippen molar-refractivity contribution >= 4 is 16.7 Å². The number of fused-ring (bicyclic) bond motifs is 1. The lowest BCUT2D eigenvalue weighted by molar-refractivity contribution is 0.324. The van der Waals surface area contributed by atoms with E-state index in [-0.39, 0.29) is 0 Å². The first-order valence-electron chi connectivity index (χ1n) is 9.29. The van der Waals surface area contributed by atoms with E-state index in [1.807, 2.05) is 48.8 Å². The normalized spacial score (nSPS) is 10.7. The molecule has 0 saturated carbocycles. The van der Waals surface area contributed by atoms with Crippen LogP contribution in [0.3, 0.4) is 0 Å². The standard InChI is InChI=1S/C23H23N3O3/c1-27-21-12-17(13-22(28-2)23(21)29-3)24-14-16-8-4-6-10-19(16)26-15-25-18-9-5-7-11-20(18)26/h4-13,15,24H,14H2,1-3H3. The van der Waals surface area contributed by atoms with Crippen LogP contribution in [0, 0.1) is 0 Å². The smallest absolute Gasteiger partial charge is 0.203 e. The molecule has 1 heterocycles. The Labute approximate surface area is 169 Å². The molecule has 0 unspecified atom stereocenters. The minimum atomic E-state index is 0.575. The Bertz CT molecular complexity index is 1110. The molecule has 0 bridgehead atoms. The number of anilines is 1. The molecule has 3 aromatic carbocycles. The Morgan fingerprint density at radius 1 is 0.862 bits per heavy atom. The van der Waals surface area contributed by atoms with Crippen molar-refractivity contribution in [3.63, 3.8) is 0 Å². The number of nitrogens with one attached hydrogen (secondary N) is 1. The van der Waals surface area contributed by atoms with Crippen molar-refractivity contribution in [3.05, 3.63) is 72.6 Å². The van der Waals surface area contributed by atoms with Crippen molar-refractivity contribution in [2.24, 2.45) is 0 Å². The number of ether oxygens (including phenoxy) is 3. The summed E-state index contributed by atoms with van der Waals surface area (Å²) in [6, 6.07) is 20.2. The Morgan fingerprint density at radius 2 is 1.55 bits per heavy atom.